The molecule has 0 fully saturated rings. The van der Waals surface area contributed by atoms with E-state index in [4.69, 9.17) is 4.74 Å². The third-order valence-electron chi connectivity index (χ3n) is 4.14. The lowest BCUT2D eigenvalue weighted by Crippen LogP contribution is -2.32. The van der Waals surface area contributed by atoms with Crippen LogP contribution in [-0.4, -0.2) is 31.4 Å². The normalized spacial score (nSPS) is 11.3. The number of hydrogen-bond acceptors (Lipinski definition) is 6. The van der Waals surface area contributed by atoms with Crippen molar-refractivity contribution in [2.45, 2.75) is 39.8 Å². The van der Waals surface area contributed by atoms with E-state index in [1.165, 1.54) is 0 Å². The fourth-order valence-electron chi connectivity index (χ4n) is 2.77. The van der Waals surface area contributed by atoms with Gasteiger partial charge >= 0.3 is 6.09 Å². The van der Waals surface area contributed by atoms with E-state index in [1.807, 2.05) is 19.1 Å². The van der Waals surface area contributed by atoms with Gasteiger partial charge in [-0.1, -0.05) is 12.1 Å². The minimum Gasteiger partial charge on any atom is -0.444 e. The molecule has 158 valence electrons. The van der Waals surface area contributed by atoms with Gasteiger partial charge in [0.05, 0.1) is 18.1 Å². The summed E-state index contributed by atoms with van der Waals surface area (Å²) < 4.78 is 21.3. The van der Waals surface area contributed by atoms with Crippen LogP contribution >= 0.6 is 0 Å². The molecule has 0 unspecified atom stereocenters. The molecule has 0 aliphatic rings. The number of nitrogens with zero attached hydrogens (tertiary/aromatic N) is 4. The first-order chi connectivity index (χ1) is 14.1. The summed E-state index contributed by atoms with van der Waals surface area (Å²) in [6.07, 6.45) is 4.04. The molecule has 1 amide bonds. The molecule has 0 bridgehead atoms. The van der Waals surface area contributed by atoms with Gasteiger partial charge in [-0.15, -0.1) is 0 Å². The van der Waals surface area contributed by atoms with Gasteiger partial charge in [0.15, 0.2) is 5.82 Å². The van der Waals surface area contributed by atoms with Crippen LogP contribution in [0.15, 0.2) is 36.8 Å². The van der Waals surface area contributed by atoms with E-state index in [-0.39, 0.29) is 11.6 Å². The number of carbonyl (C=O) groups excluding carboxylic acids is 1. The summed E-state index contributed by atoms with van der Waals surface area (Å²) >= 11 is 0. The number of nitrogens with one attached hydrogen (secondary N) is 2. The Morgan fingerprint density at radius 1 is 1.27 bits per heavy atom. The predicted molar refractivity (Wildman–Crippen MR) is 112 cm³/mol. The van der Waals surface area contributed by atoms with Crippen LogP contribution in [0.2, 0.25) is 0 Å². The molecule has 0 aliphatic heterocycles. The number of aryl methyl sites for hydroxylation is 2. The lowest BCUT2D eigenvalue weighted by atomic mass is 10.0. The van der Waals surface area contributed by atoms with Gasteiger partial charge < -0.3 is 15.4 Å². The minimum absolute atomic E-state index is 0.186. The van der Waals surface area contributed by atoms with Crippen LogP contribution in [0.4, 0.5) is 20.8 Å². The van der Waals surface area contributed by atoms with Gasteiger partial charge in [0, 0.05) is 25.4 Å². The Bertz CT molecular complexity index is 1060. The summed E-state index contributed by atoms with van der Waals surface area (Å²) in [5, 5.41) is 9.80. The monoisotopic (exact) mass is 412 g/mol. The second kappa shape index (κ2) is 8.48. The predicted octanol–water partition coefficient (Wildman–Crippen LogP) is 4.09. The Morgan fingerprint density at radius 2 is 2.03 bits per heavy atom. The largest absolute Gasteiger partial charge is 0.444 e. The number of carbonyl (C=O) groups is 1. The van der Waals surface area contributed by atoms with E-state index in [0.717, 1.165) is 17.3 Å². The van der Waals surface area contributed by atoms with Gasteiger partial charge in [-0.05, 0) is 44.9 Å². The maximum absolute atomic E-state index is 14.4. The molecular formula is C21H25FN6O2. The number of anilines is 2. The van der Waals surface area contributed by atoms with E-state index in [2.05, 4.69) is 25.7 Å². The van der Waals surface area contributed by atoms with Crippen LogP contribution < -0.4 is 10.6 Å². The minimum atomic E-state index is -0.560. The molecule has 0 spiro atoms. The topological polar surface area (TPSA) is 94.0 Å². The van der Waals surface area contributed by atoms with E-state index < -0.39 is 17.5 Å². The second-order valence-corrected chi connectivity index (χ2v) is 7.91. The van der Waals surface area contributed by atoms with Crippen molar-refractivity contribution in [1.29, 1.82) is 0 Å². The number of aromatic nitrogens is 4. The highest BCUT2D eigenvalue weighted by Crippen LogP contribution is 2.25. The number of amides is 1. The molecule has 3 rings (SSSR count). The zero-order valence-electron chi connectivity index (χ0n) is 17.7. The van der Waals surface area contributed by atoms with Crippen LogP contribution in [0.3, 0.4) is 0 Å². The summed E-state index contributed by atoms with van der Waals surface area (Å²) in [5.74, 6) is -0.251. The van der Waals surface area contributed by atoms with Crippen LogP contribution in [0.1, 0.15) is 31.9 Å². The third-order valence-corrected chi connectivity index (χ3v) is 4.14. The summed E-state index contributed by atoms with van der Waals surface area (Å²) in [5.41, 5.74) is 2.73. The van der Waals surface area contributed by atoms with Gasteiger partial charge in [-0.2, -0.15) is 5.10 Å². The van der Waals surface area contributed by atoms with Crippen LogP contribution in [-0.2, 0) is 18.3 Å². The number of ether oxygens (including phenoxy) is 1. The van der Waals surface area contributed by atoms with Crippen LogP contribution in [0.25, 0.3) is 11.3 Å². The van der Waals surface area contributed by atoms with Gasteiger partial charge in [-0.3, -0.25) is 4.68 Å². The molecule has 0 saturated heterocycles. The summed E-state index contributed by atoms with van der Waals surface area (Å²) in [6.45, 7) is 7.62. The van der Waals surface area contributed by atoms with Crippen molar-refractivity contribution in [3.05, 3.63) is 53.7 Å². The highest BCUT2D eigenvalue weighted by molar-refractivity contribution is 5.68. The van der Waals surface area contributed by atoms with Gasteiger partial charge in [0.2, 0.25) is 5.95 Å². The molecule has 8 nitrogen and oxygen atoms in total. The number of benzene rings is 1. The Hall–Kier alpha value is -3.49. The Labute approximate surface area is 174 Å². The Balaban J connectivity index is 1.75. The number of halogens is 1. The van der Waals surface area contributed by atoms with Crippen molar-refractivity contribution in [1.82, 2.24) is 25.1 Å². The molecule has 9 heteroatoms. The molecule has 2 aromatic heterocycles. The maximum Gasteiger partial charge on any atom is 0.407 e. The molecule has 2 heterocycles. The van der Waals surface area contributed by atoms with E-state index in [0.29, 0.717) is 17.8 Å². The van der Waals surface area contributed by atoms with Gasteiger partial charge in [-0.25, -0.2) is 19.2 Å². The lowest BCUT2D eigenvalue weighted by Gasteiger charge is -2.20. The Morgan fingerprint density at radius 3 is 2.67 bits per heavy atom. The molecular weight excluding hydrogens is 387 g/mol. The summed E-state index contributed by atoms with van der Waals surface area (Å²) in [4.78, 5) is 20.2. The van der Waals surface area contributed by atoms with E-state index >= 15 is 0 Å². The quantitative estimate of drug-likeness (QED) is 0.655. The zero-order chi connectivity index (χ0) is 21.9. The van der Waals surface area contributed by atoms with Crippen LogP contribution in [0.5, 0.6) is 0 Å². The molecule has 0 atom stereocenters. The average molecular weight is 412 g/mol. The molecule has 3 aromatic rings. The van der Waals surface area contributed by atoms with Crippen molar-refractivity contribution >= 4 is 17.7 Å². The van der Waals surface area contributed by atoms with Crippen molar-refractivity contribution < 1.29 is 13.9 Å². The molecule has 2 N–H and O–H groups in total. The van der Waals surface area contributed by atoms with Crippen LogP contribution in [0, 0.1) is 12.7 Å². The standard InChI is InChI=1S/C21H25FN6O2/c1-13-8-14(6-7-15(13)9-24-20(29)30-21(2,3)4)18-17(22)11-23-19(27-18)26-16-10-25-28(5)12-16/h6-8,10-12H,9H2,1-5H3,(H,24,29)(H,23,26,27). The first-order valence-electron chi connectivity index (χ1n) is 9.46. The fraction of sp³-hybridized carbons (Fsp3) is 0.333. The van der Waals surface area contributed by atoms with Crippen molar-refractivity contribution in [2.24, 2.45) is 7.05 Å². The average Bonchev–Trinajstić information content (AvgIpc) is 3.05. The zero-order valence-corrected chi connectivity index (χ0v) is 17.7. The molecule has 1 aromatic carbocycles. The number of rotatable bonds is 5. The number of alkyl carbamates (subject to hydrolysis) is 1. The van der Waals surface area contributed by atoms with E-state index in [1.54, 1.807) is 51.0 Å². The highest BCUT2D eigenvalue weighted by Gasteiger charge is 2.16. The SMILES string of the molecule is Cc1cc(-c2nc(Nc3cnn(C)c3)ncc2F)ccc1CNC(=O)OC(C)(C)C. The molecule has 30 heavy (non-hydrogen) atoms. The Kier molecular flexibility index (Phi) is 6.00. The first-order valence-corrected chi connectivity index (χ1v) is 9.46. The molecule has 0 saturated carbocycles. The van der Waals surface area contributed by atoms with Gasteiger partial charge in [0.1, 0.15) is 11.3 Å². The van der Waals surface area contributed by atoms with Crippen molar-refractivity contribution in [3.8, 4) is 11.3 Å². The highest BCUT2D eigenvalue weighted by atomic mass is 19.1. The fourth-order valence-corrected chi connectivity index (χ4v) is 2.77. The van der Waals surface area contributed by atoms with E-state index in [9.17, 15) is 9.18 Å². The van der Waals surface area contributed by atoms with Crippen molar-refractivity contribution in [2.75, 3.05) is 5.32 Å². The smallest absolute Gasteiger partial charge is 0.407 e. The number of hydrogen-bond donors (Lipinski definition) is 2. The summed E-state index contributed by atoms with van der Waals surface area (Å²) in [7, 11) is 1.80. The van der Waals surface area contributed by atoms with Gasteiger partial charge in [0.25, 0.3) is 0 Å². The lowest BCUT2D eigenvalue weighted by molar-refractivity contribution is 0.0523. The van der Waals surface area contributed by atoms with Crippen molar-refractivity contribution in [3.63, 3.8) is 0 Å². The molecule has 0 aliphatic carbocycles. The summed E-state index contributed by atoms with van der Waals surface area (Å²) in [6, 6.07) is 5.42. The third kappa shape index (κ3) is 5.53. The second-order valence-electron chi connectivity index (χ2n) is 7.91. The maximum atomic E-state index is 14.4. The molecule has 0 radical (unpaired) electrons. The first kappa shape index (κ1) is 21.2.